The first-order chi connectivity index (χ1) is 4.66. The molecular weight excluding hydrogens is 132 g/mol. The summed E-state index contributed by atoms with van der Waals surface area (Å²) in [6.45, 7) is 3.66. The van der Waals surface area contributed by atoms with Gasteiger partial charge in [0.05, 0.1) is 0 Å². The lowest BCUT2D eigenvalue weighted by atomic mass is 10.3. The third-order valence-corrected chi connectivity index (χ3v) is 0.930. The van der Waals surface area contributed by atoms with Crippen LogP contribution in [0.3, 0.4) is 0 Å². The smallest absolute Gasteiger partial charge is 0.450 e. The topological polar surface area (TPSA) is 46.5 Å². The van der Waals surface area contributed by atoms with E-state index in [1.807, 2.05) is 13.0 Å². The van der Waals surface area contributed by atoms with Crippen LogP contribution in [0, 0.1) is 0 Å². The Balaban J connectivity index is 3.52. The molecule has 0 heterocycles. The van der Waals surface area contributed by atoms with E-state index in [1.54, 1.807) is 13.0 Å². The monoisotopic (exact) mass is 144 g/mol. The molecule has 0 aromatic rings. The number of carboxylic acid groups (broad SMARTS) is 1. The third kappa shape index (κ3) is 5.15. The van der Waals surface area contributed by atoms with Crippen LogP contribution in [-0.4, -0.2) is 17.4 Å². The van der Waals surface area contributed by atoms with Crippen molar-refractivity contribution in [3.8, 4) is 0 Å². The third-order valence-electron chi connectivity index (χ3n) is 0.930. The predicted molar refractivity (Wildman–Crippen MR) is 38.0 cm³/mol. The van der Waals surface area contributed by atoms with E-state index in [0.29, 0.717) is 0 Å². The molecule has 0 spiro atoms. The lowest BCUT2D eigenvalue weighted by Gasteiger charge is -2.03. The standard InChI is InChI=1S/C7H12O3/c1-3-4-5-6(2)10-7(8)9/h4-6H,3H2,1-2H3,(H,8,9). The fourth-order valence-corrected chi connectivity index (χ4v) is 0.526. The van der Waals surface area contributed by atoms with Crippen molar-refractivity contribution in [3.05, 3.63) is 12.2 Å². The molecule has 1 unspecified atom stereocenters. The van der Waals surface area contributed by atoms with Gasteiger partial charge in [-0.25, -0.2) is 4.79 Å². The maximum atomic E-state index is 9.92. The Bertz CT molecular complexity index is 129. The highest BCUT2D eigenvalue weighted by molar-refractivity contribution is 5.57. The van der Waals surface area contributed by atoms with Crippen LogP contribution in [0.15, 0.2) is 12.2 Å². The molecule has 0 aromatic carbocycles. The Morgan fingerprint density at radius 2 is 2.40 bits per heavy atom. The van der Waals surface area contributed by atoms with Gasteiger partial charge in [0.15, 0.2) is 0 Å². The van der Waals surface area contributed by atoms with Gasteiger partial charge in [-0.15, -0.1) is 0 Å². The number of carbonyl (C=O) groups is 1. The van der Waals surface area contributed by atoms with Gasteiger partial charge in [-0.3, -0.25) is 0 Å². The van der Waals surface area contributed by atoms with Crippen LogP contribution in [0.5, 0.6) is 0 Å². The molecule has 0 fully saturated rings. The highest BCUT2D eigenvalue weighted by Gasteiger charge is 2.00. The van der Waals surface area contributed by atoms with E-state index in [-0.39, 0.29) is 6.10 Å². The highest BCUT2D eigenvalue weighted by atomic mass is 16.7. The van der Waals surface area contributed by atoms with E-state index in [0.717, 1.165) is 6.42 Å². The molecule has 0 rings (SSSR count). The van der Waals surface area contributed by atoms with Gasteiger partial charge in [0.2, 0.25) is 0 Å². The summed E-state index contributed by atoms with van der Waals surface area (Å²) in [5, 5.41) is 8.13. The van der Waals surface area contributed by atoms with Crippen molar-refractivity contribution in [3.63, 3.8) is 0 Å². The summed E-state index contributed by atoms with van der Waals surface area (Å²) in [5.41, 5.74) is 0. The average molecular weight is 144 g/mol. The fraction of sp³-hybridized carbons (Fsp3) is 0.571. The van der Waals surface area contributed by atoms with Crippen molar-refractivity contribution in [2.75, 3.05) is 0 Å². The largest absolute Gasteiger partial charge is 0.506 e. The summed E-state index contributed by atoms with van der Waals surface area (Å²) in [6.07, 6.45) is 2.92. The van der Waals surface area contributed by atoms with Gasteiger partial charge in [0, 0.05) is 0 Å². The van der Waals surface area contributed by atoms with Gasteiger partial charge in [0.25, 0.3) is 0 Å². The summed E-state index contributed by atoms with van der Waals surface area (Å²) in [7, 11) is 0. The lowest BCUT2D eigenvalue weighted by Crippen LogP contribution is -2.09. The zero-order valence-corrected chi connectivity index (χ0v) is 6.20. The number of rotatable bonds is 3. The predicted octanol–water partition coefficient (Wildman–Crippen LogP) is 2.04. The zero-order valence-electron chi connectivity index (χ0n) is 6.20. The van der Waals surface area contributed by atoms with Gasteiger partial charge in [0.1, 0.15) is 6.10 Å². The van der Waals surface area contributed by atoms with Crippen LogP contribution in [0.1, 0.15) is 20.3 Å². The van der Waals surface area contributed by atoms with Crippen molar-refractivity contribution in [2.45, 2.75) is 26.4 Å². The molecule has 0 bridgehead atoms. The van der Waals surface area contributed by atoms with Crippen molar-refractivity contribution >= 4 is 6.16 Å². The first kappa shape index (κ1) is 9.01. The molecule has 1 N–H and O–H groups in total. The van der Waals surface area contributed by atoms with Crippen molar-refractivity contribution in [2.24, 2.45) is 0 Å². The Hall–Kier alpha value is -0.990. The SMILES string of the molecule is CCC=CC(C)OC(=O)O. The Morgan fingerprint density at radius 1 is 1.80 bits per heavy atom. The molecule has 1 atom stereocenters. The number of ether oxygens (including phenoxy) is 1. The Morgan fingerprint density at radius 3 is 2.80 bits per heavy atom. The molecular formula is C7H12O3. The molecule has 0 amide bonds. The van der Waals surface area contributed by atoms with Crippen LogP contribution in [0.2, 0.25) is 0 Å². The highest BCUT2D eigenvalue weighted by Crippen LogP contribution is 1.93. The first-order valence-corrected chi connectivity index (χ1v) is 3.23. The summed E-state index contributed by atoms with van der Waals surface area (Å²) >= 11 is 0. The molecule has 58 valence electrons. The second-order valence-corrected chi connectivity index (χ2v) is 1.93. The van der Waals surface area contributed by atoms with Gasteiger partial charge in [-0.05, 0) is 19.4 Å². The van der Waals surface area contributed by atoms with E-state index in [4.69, 9.17) is 5.11 Å². The maximum Gasteiger partial charge on any atom is 0.506 e. The summed E-state index contributed by atoms with van der Waals surface area (Å²) in [4.78, 5) is 9.92. The van der Waals surface area contributed by atoms with Crippen LogP contribution in [-0.2, 0) is 4.74 Å². The van der Waals surface area contributed by atoms with Crippen molar-refractivity contribution in [1.82, 2.24) is 0 Å². The molecule has 3 nitrogen and oxygen atoms in total. The first-order valence-electron chi connectivity index (χ1n) is 3.23. The molecule has 0 radical (unpaired) electrons. The molecule has 0 aliphatic rings. The minimum atomic E-state index is -1.23. The Labute approximate surface area is 60.3 Å². The quantitative estimate of drug-likeness (QED) is 0.487. The van der Waals surface area contributed by atoms with E-state index in [1.165, 1.54) is 0 Å². The van der Waals surface area contributed by atoms with E-state index in [2.05, 4.69) is 4.74 Å². The molecule has 0 saturated heterocycles. The number of allylic oxidation sites excluding steroid dienone is 1. The van der Waals surface area contributed by atoms with Gasteiger partial charge < -0.3 is 9.84 Å². The van der Waals surface area contributed by atoms with Gasteiger partial charge in [-0.1, -0.05) is 13.0 Å². The van der Waals surface area contributed by atoms with Crippen molar-refractivity contribution in [1.29, 1.82) is 0 Å². The average Bonchev–Trinajstić information content (AvgIpc) is 1.82. The Kier molecular flexibility index (Phi) is 4.37. The molecule has 0 saturated carbocycles. The summed E-state index contributed by atoms with van der Waals surface area (Å²) in [5.74, 6) is 0. The molecule has 10 heavy (non-hydrogen) atoms. The minimum Gasteiger partial charge on any atom is -0.450 e. The molecule has 0 aliphatic carbocycles. The van der Waals surface area contributed by atoms with Gasteiger partial charge in [-0.2, -0.15) is 0 Å². The van der Waals surface area contributed by atoms with Crippen molar-refractivity contribution < 1.29 is 14.6 Å². The maximum absolute atomic E-state index is 9.92. The minimum absolute atomic E-state index is 0.336. The molecule has 3 heteroatoms. The summed E-state index contributed by atoms with van der Waals surface area (Å²) < 4.78 is 4.38. The van der Waals surface area contributed by atoms with E-state index < -0.39 is 6.16 Å². The van der Waals surface area contributed by atoms with Crippen LogP contribution < -0.4 is 0 Å². The number of hydrogen-bond acceptors (Lipinski definition) is 2. The fourth-order valence-electron chi connectivity index (χ4n) is 0.526. The summed E-state index contributed by atoms with van der Waals surface area (Å²) in [6, 6.07) is 0. The zero-order chi connectivity index (χ0) is 7.98. The molecule has 0 aromatic heterocycles. The number of hydrogen-bond donors (Lipinski definition) is 1. The molecule has 0 aliphatic heterocycles. The van der Waals surface area contributed by atoms with E-state index >= 15 is 0 Å². The second-order valence-electron chi connectivity index (χ2n) is 1.93. The van der Waals surface area contributed by atoms with Crippen LogP contribution in [0.25, 0.3) is 0 Å². The normalized spacial score (nSPS) is 13.4. The van der Waals surface area contributed by atoms with Crippen LogP contribution in [0.4, 0.5) is 4.79 Å². The van der Waals surface area contributed by atoms with E-state index in [9.17, 15) is 4.79 Å². The van der Waals surface area contributed by atoms with Crippen LogP contribution >= 0.6 is 0 Å². The van der Waals surface area contributed by atoms with Gasteiger partial charge >= 0.3 is 6.16 Å². The second kappa shape index (κ2) is 4.85. The lowest BCUT2D eigenvalue weighted by molar-refractivity contribution is 0.0751.